The van der Waals surface area contributed by atoms with Crippen LogP contribution in [0.3, 0.4) is 0 Å². The molecule has 3 nitrogen and oxygen atoms in total. The van der Waals surface area contributed by atoms with Crippen molar-refractivity contribution < 1.29 is 9.84 Å². The third-order valence-electron chi connectivity index (χ3n) is 2.93. The Hall–Kier alpha value is -1.87. The van der Waals surface area contributed by atoms with Gasteiger partial charge in [0.1, 0.15) is 0 Å². The van der Waals surface area contributed by atoms with Crippen LogP contribution in [0.25, 0.3) is 0 Å². The van der Waals surface area contributed by atoms with E-state index in [0.29, 0.717) is 17.3 Å². The molecule has 0 amide bonds. The Kier molecular flexibility index (Phi) is 4.17. The summed E-state index contributed by atoms with van der Waals surface area (Å²) in [5.41, 5.74) is 3.16. The fourth-order valence-electron chi connectivity index (χ4n) is 1.81. The molecule has 2 N–H and O–H groups in total. The number of anilines is 1. The van der Waals surface area contributed by atoms with Crippen molar-refractivity contribution in [1.82, 2.24) is 0 Å². The highest BCUT2D eigenvalue weighted by molar-refractivity contribution is 6.30. The summed E-state index contributed by atoms with van der Waals surface area (Å²) in [5.74, 6) is 0.618. The largest absolute Gasteiger partial charge is 0.504 e. The summed E-state index contributed by atoms with van der Waals surface area (Å²) in [4.78, 5) is 0. The van der Waals surface area contributed by atoms with Crippen LogP contribution in [0, 0.1) is 6.92 Å². The van der Waals surface area contributed by atoms with Crippen LogP contribution in [0.5, 0.6) is 11.5 Å². The molecule has 0 aromatic heterocycles. The lowest BCUT2D eigenvalue weighted by Crippen LogP contribution is -2.01. The van der Waals surface area contributed by atoms with E-state index >= 15 is 0 Å². The highest BCUT2D eigenvalue weighted by Crippen LogP contribution is 2.27. The molecule has 4 heteroatoms. The first-order valence-corrected chi connectivity index (χ1v) is 6.34. The van der Waals surface area contributed by atoms with E-state index in [4.69, 9.17) is 16.3 Å². The lowest BCUT2D eigenvalue weighted by Gasteiger charge is -2.11. The zero-order valence-corrected chi connectivity index (χ0v) is 11.7. The zero-order valence-electron chi connectivity index (χ0n) is 10.9. The molecule has 2 aromatic rings. The molecule has 0 unspecified atom stereocenters. The number of aromatic hydroxyl groups is 1. The predicted octanol–water partition coefficient (Wildman–Crippen LogP) is 3.97. The summed E-state index contributed by atoms with van der Waals surface area (Å²) in [5, 5.41) is 13.6. The van der Waals surface area contributed by atoms with E-state index in [0.717, 1.165) is 16.8 Å². The maximum Gasteiger partial charge on any atom is 0.160 e. The molecule has 19 heavy (non-hydrogen) atoms. The first kappa shape index (κ1) is 13.6. The number of aryl methyl sites for hydroxylation is 1. The van der Waals surface area contributed by atoms with Gasteiger partial charge < -0.3 is 15.2 Å². The van der Waals surface area contributed by atoms with E-state index in [1.807, 2.05) is 37.3 Å². The molecule has 0 spiro atoms. The Labute approximate surface area is 117 Å². The predicted molar refractivity (Wildman–Crippen MR) is 78.2 cm³/mol. The van der Waals surface area contributed by atoms with E-state index in [2.05, 4.69) is 5.32 Å². The normalized spacial score (nSPS) is 10.3. The van der Waals surface area contributed by atoms with Gasteiger partial charge in [0, 0.05) is 17.3 Å². The van der Waals surface area contributed by atoms with Crippen LogP contribution in [0.4, 0.5) is 5.69 Å². The second kappa shape index (κ2) is 5.85. The second-order valence-corrected chi connectivity index (χ2v) is 4.76. The van der Waals surface area contributed by atoms with Gasteiger partial charge in [0.2, 0.25) is 0 Å². The molecule has 0 radical (unpaired) electrons. The molecule has 0 fully saturated rings. The van der Waals surface area contributed by atoms with E-state index in [1.54, 1.807) is 6.07 Å². The number of hydrogen-bond donors (Lipinski definition) is 2. The number of rotatable bonds is 4. The molecule has 0 saturated carbocycles. The Balaban J connectivity index is 2.12. The monoisotopic (exact) mass is 277 g/mol. The summed E-state index contributed by atoms with van der Waals surface area (Å²) in [6.07, 6.45) is 0. The molecule has 0 aliphatic carbocycles. The lowest BCUT2D eigenvalue weighted by atomic mass is 10.1. The molecule has 0 atom stereocenters. The number of ether oxygens (including phenoxy) is 1. The van der Waals surface area contributed by atoms with Crippen LogP contribution in [-0.4, -0.2) is 12.2 Å². The average Bonchev–Trinajstić information content (AvgIpc) is 2.41. The summed E-state index contributed by atoms with van der Waals surface area (Å²) in [6.45, 7) is 2.66. The van der Waals surface area contributed by atoms with E-state index in [9.17, 15) is 5.11 Å². The van der Waals surface area contributed by atoms with Gasteiger partial charge in [-0.3, -0.25) is 0 Å². The van der Waals surface area contributed by atoms with E-state index < -0.39 is 0 Å². The molecule has 0 saturated heterocycles. The zero-order chi connectivity index (χ0) is 13.8. The molecule has 2 aromatic carbocycles. The van der Waals surface area contributed by atoms with Crippen LogP contribution in [0.2, 0.25) is 5.02 Å². The minimum absolute atomic E-state index is 0.144. The van der Waals surface area contributed by atoms with Crippen molar-refractivity contribution in [3.8, 4) is 11.5 Å². The number of nitrogens with one attached hydrogen (secondary N) is 1. The van der Waals surface area contributed by atoms with Crippen LogP contribution in [-0.2, 0) is 6.54 Å². The maximum atomic E-state index is 9.54. The van der Waals surface area contributed by atoms with Crippen molar-refractivity contribution in [2.75, 3.05) is 12.4 Å². The number of hydrogen-bond acceptors (Lipinski definition) is 3. The molecule has 2 rings (SSSR count). The molecule has 0 aliphatic rings. The van der Waals surface area contributed by atoms with Crippen molar-refractivity contribution >= 4 is 17.3 Å². The number of halogens is 1. The van der Waals surface area contributed by atoms with Gasteiger partial charge in [0.15, 0.2) is 11.5 Å². The number of methoxy groups -OCH3 is 1. The molecule has 0 heterocycles. The molecule has 0 bridgehead atoms. The third-order valence-corrected chi connectivity index (χ3v) is 3.16. The first-order valence-electron chi connectivity index (χ1n) is 5.96. The standard InChI is InChI=1S/C15H16ClNO2/c1-10-3-5-12(16)8-13(10)17-9-11-4-6-14(18)15(7-11)19-2/h3-8,17-18H,9H2,1-2H3. The minimum atomic E-state index is 0.144. The van der Waals surface area contributed by atoms with Crippen molar-refractivity contribution in [1.29, 1.82) is 0 Å². The maximum absolute atomic E-state index is 9.54. The van der Waals surface area contributed by atoms with Crippen LogP contribution in [0.1, 0.15) is 11.1 Å². The number of phenols is 1. The first-order chi connectivity index (χ1) is 9.10. The van der Waals surface area contributed by atoms with Crippen molar-refractivity contribution in [3.63, 3.8) is 0 Å². The number of benzene rings is 2. The van der Waals surface area contributed by atoms with E-state index in [-0.39, 0.29) is 5.75 Å². The SMILES string of the molecule is COc1cc(CNc2cc(Cl)ccc2C)ccc1O. The van der Waals surface area contributed by atoms with Crippen LogP contribution >= 0.6 is 11.6 Å². The highest BCUT2D eigenvalue weighted by atomic mass is 35.5. The fraction of sp³-hybridized carbons (Fsp3) is 0.200. The number of phenolic OH excluding ortho intramolecular Hbond substituents is 1. The van der Waals surface area contributed by atoms with Gasteiger partial charge in [0.05, 0.1) is 7.11 Å². The van der Waals surface area contributed by atoms with Crippen LogP contribution < -0.4 is 10.1 Å². The lowest BCUT2D eigenvalue weighted by molar-refractivity contribution is 0.373. The minimum Gasteiger partial charge on any atom is -0.504 e. The van der Waals surface area contributed by atoms with Gasteiger partial charge in [-0.1, -0.05) is 23.7 Å². The van der Waals surface area contributed by atoms with Crippen LogP contribution in [0.15, 0.2) is 36.4 Å². The van der Waals surface area contributed by atoms with Gasteiger partial charge in [0.25, 0.3) is 0 Å². The van der Waals surface area contributed by atoms with Gasteiger partial charge in [-0.2, -0.15) is 0 Å². The molecule has 0 aliphatic heterocycles. The summed E-state index contributed by atoms with van der Waals surface area (Å²) >= 11 is 5.97. The Morgan fingerprint density at radius 3 is 2.74 bits per heavy atom. The highest BCUT2D eigenvalue weighted by Gasteiger charge is 2.04. The van der Waals surface area contributed by atoms with Gasteiger partial charge >= 0.3 is 0 Å². The topological polar surface area (TPSA) is 41.5 Å². The molecule has 100 valence electrons. The Morgan fingerprint density at radius 2 is 2.00 bits per heavy atom. The van der Waals surface area contributed by atoms with Gasteiger partial charge in [-0.15, -0.1) is 0 Å². The smallest absolute Gasteiger partial charge is 0.160 e. The van der Waals surface area contributed by atoms with Gasteiger partial charge in [-0.05, 0) is 42.3 Å². The third kappa shape index (κ3) is 3.32. The summed E-state index contributed by atoms with van der Waals surface area (Å²) in [7, 11) is 1.54. The Morgan fingerprint density at radius 1 is 1.21 bits per heavy atom. The van der Waals surface area contributed by atoms with Crippen molar-refractivity contribution in [2.24, 2.45) is 0 Å². The van der Waals surface area contributed by atoms with E-state index in [1.165, 1.54) is 7.11 Å². The summed E-state index contributed by atoms with van der Waals surface area (Å²) in [6, 6.07) is 11.0. The van der Waals surface area contributed by atoms with Crippen molar-refractivity contribution in [2.45, 2.75) is 13.5 Å². The summed E-state index contributed by atoms with van der Waals surface area (Å²) < 4.78 is 5.08. The second-order valence-electron chi connectivity index (χ2n) is 4.32. The van der Waals surface area contributed by atoms with Crippen molar-refractivity contribution in [3.05, 3.63) is 52.5 Å². The Bertz CT molecular complexity index is 584. The molecular weight excluding hydrogens is 262 g/mol. The average molecular weight is 278 g/mol. The fourth-order valence-corrected chi connectivity index (χ4v) is 1.99. The van der Waals surface area contributed by atoms with Gasteiger partial charge in [-0.25, -0.2) is 0 Å². The quantitative estimate of drug-likeness (QED) is 0.888. The molecular formula is C15H16ClNO2.